The Hall–Kier alpha value is 0.394. The van der Waals surface area contributed by atoms with E-state index in [0.29, 0.717) is 10.6 Å². The molecule has 1 unspecified atom stereocenters. The second-order valence-corrected chi connectivity index (χ2v) is 7.96. The third-order valence-electron chi connectivity index (χ3n) is 2.88. The van der Waals surface area contributed by atoms with Gasteiger partial charge in [0.15, 0.2) is 0 Å². The second kappa shape index (κ2) is 4.07. The molecule has 0 saturated carbocycles. The zero-order chi connectivity index (χ0) is 9.19. The molecule has 0 bridgehead atoms. The van der Waals surface area contributed by atoms with Crippen LogP contribution >= 0.6 is 0 Å². The summed E-state index contributed by atoms with van der Waals surface area (Å²) in [6, 6.07) is 1.33. The van der Waals surface area contributed by atoms with E-state index in [1.165, 1.54) is 18.9 Å². The van der Waals surface area contributed by atoms with Crippen molar-refractivity contribution in [1.82, 2.24) is 0 Å². The molecule has 12 heavy (non-hydrogen) atoms. The monoisotopic (exact) mass is 198 g/mol. The largest absolute Gasteiger partial charge is 0.416 e. The molecule has 1 rings (SSSR count). The average Bonchev–Trinajstić information content (AvgIpc) is 2.06. The van der Waals surface area contributed by atoms with Crippen LogP contribution in [-0.2, 0) is 4.43 Å². The van der Waals surface area contributed by atoms with Gasteiger partial charge in [-0.1, -0.05) is 32.7 Å². The summed E-state index contributed by atoms with van der Waals surface area (Å²) in [6.45, 7) is 7.87. The van der Waals surface area contributed by atoms with Crippen molar-refractivity contribution in [2.75, 3.05) is 6.61 Å². The standard InChI is InChI=1S/C9H18OSi2/c1-8(11)9(2,3)12-7-5-4-6-10-12/h8H,4-7H2,1-3H3. The molecule has 3 heteroatoms. The fourth-order valence-corrected chi connectivity index (χ4v) is 4.49. The molecule has 68 valence electrons. The molecule has 0 aromatic rings. The van der Waals surface area contributed by atoms with Crippen LogP contribution in [0.1, 0.15) is 33.6 Å². The van der Waals surface area contributed by atoms with Crippen molar-refractivity contribution in [1.29, 1.82) is 0 Å². The van der Waals surface area contributed by atoms with E-state index in [0.717, 1.165) is 6.61 Å². The fourth-order valence-electron chi connectivity index (χ4n) is 1.40. The molecule has 1 aliphatic rings. The summed E-state index contributed by atoms with van der Waals surface area (Å²) in [6.07, 6.45) is 2.64. The molecule has 1 fully saturated rings. The Morgan fingerprint density at radius 2 is 2.08 bits per heavy atom. The second-order valence-electron chi connectivity index (χ2n) is 4.17. The first-order valence-electron chi connectivity index (χ1n) is 4.75. The van der Waals surface area contributed by atoms with Crippen LogP contribution in [0, 0.1) is 0 Å². The summed E-state index contributed by atoms with van der Waals surface area (Å²) in [5, 5.41) is 0.363. The van der Waals surface area contributed by atoms with Gasteiger partial charge in [0.2, 0.25) is 9.04 Å². The summed E-state index contributed by atoms with van der Waals surface area (Å²) < 4.78 is 5.87. The highest BCUT2D eigenvalue weighted by Crippen LogP contribution is 2.43. The van der Waals surface area contributed by atoms with E-state index >= 15 is 0 Å². The lowest BCUT2D eigenvalue weighted by Crippen LogP contribution is -2.36. The lowest BCUT2D eigenvalue weighted by Gasteiger charge is -2.37. The highest BCUT2D eigenvalue weighted by molar-refractivity contribution is 6.57. The number of rotatable bonds is 2. The van der Waals surface area contributed by atoms with Crippen molar-refractivity contribution in [3.8, 4) is 0 Å². The topological polar surface area (TPSA) is 9.23 Å². The minimum Gasteiger partial charge on any atom is -0.416 e. The SMILES string of the molecule is CC([Si])C(C)(C)[Si]1CCCCO1. The summed E-state index contributed by atoms with van der Waals surface area (Å²) in [5.74, 6) is 0. The molecule has 0 N–H and O–H groups in total. The summed E-state index contributed by atoms with van der Waals surface area (Å²) in [5.41, 5.74) is 0.560. The van der Waals surface area contributed by atoms with Gasteiger partial charge in [0, 0.05) is 16.8 Å². The van der Waals surface area contributed by atoms with E-state index in [-0.39, 0.29) is 0 Å². The van der Waals surface area contributed by atoms with Gasteiger partial charge in [0.25, 0.3) is 0 Å². The maximum absolute atomic E-state index is 5.87. The Labute approximate surface area is 81.0 Å². The Bertz CT molecular complexity index is 139. The predicted octanol–water partition coefficient (Wildman–Crippen LogP) is 2.55. The van der Waals surface area contributed by atoms with E-state index in [1.807, 2.05) is 0 Å². The molecule has 1 heterocycles. The Kier molecular flexibility index (Phi) is 3.55. The summed E-state index contributed by atoms with van der Waals surface area (Å²) in [4.78, 5) is 0. The molecule has 1 aliphatic heterocycles. The highest BCUT2D eigenvalue weighted by Gasteiger charge is 2.37. The zero-order valence-corrected chi connectivity index (χ0v) is 10.3. The van der Waals surface area contributed by atoms with Gasteiger partial charge in [-0.25, -0.2) is 0 Å². The minimum absolute atomic E-state index is 0.363. The molecule has 1 nitrogen and oxygen atoms in total. The maximum atomic E-state index is 5.87. The molecule has 0 amide bonds. The smallest absolute Gasteiger partial charge is 0.217 e. The van der Waals surface area contributed by atoms with Gasteiger partial charge in [0.05, 0.1) is 0 Å². The van der Waals surface area contributed by atoms with Gasteiger partial charge in [-0.3, -0.25) is 0 Å². The van der Waals surface area contributed by atoms with Gasteiger partial charge in [-0.05, 0) is 17.5 Å². The summed E-state index contributed by atoms with van der Waals surface area (Å²) in [7, 11) is 3.15. The third-order valence-corrected chi connectivity index (χ3v) is 7.12. The van der Waals surface area contributed by atoms with E-state index in [2.05, 4.69) is 31.0 Å². The highest BCUT2D eigenvalue weighted by atomic mass is 28.3. The van der Waals surface area contributed by atoms with Gasteiger partial charge < -0.3 is 4.43 Å². The quantitative estimate of drug-likeness (QED) is 0.620. The van der Waals surface area contributed by atoms with Crippen molar-refractivity contribution in [2.24, 2.45) is 0 Å². The van der Waals surface area contributed by atoms with Crippen LogP contribution in [0.2, 0.25) is 16.6 Å². The maximum Gasteiger partial charge on any atom is 0.217 e. The lowest BCUT2D eigenvalue weighted by atomic mass is 10.1. The molecule has 0 aromatic carbocycles. The normalized spacial score (nSPS) is 24.0. The van der Waals surface area contributed by atoms with E-state index in [9.17, 15) is 0 Å². The van der Waals surface area contributed by atoms with Crippen LogP contribution in [0.25, 0.3) is 0 Å². The summed E-state index contributed by atoms with van der Waals surface area (Å²) >= 11 is 0. The van der Waals surface area contributed by atoms with Gasteiger partial charge in [0.1, 0.15) is 0 Å². The first kappa shape index (κ1) is 10.5. The Morgan fingerprint density at radius 3 is 2.50 bits per heavy atom. The third kappa shape index (κ3) is 2.21. The average molecular weight is 198 g/mol. The van der Waals surface area contributed by atoms with Crippen molar-refractivity contribution in [3.63, 3.8) is 0 Å². The molecule has 0 aromatic heterocycles. The minimum atomic E-state index is -0.572. The van der Waals surface area contributed by atoms with E-state index in [4.69, 9.17) is 4.43 Å². The number of hydrogen-bond donors (Lipinski definition) is 0. The van der Waals surface area contributed by atoms with Crippen molar-refractivity contribution in [2.45, 2.75) is 50.2 Å². The molecule has 1 atom stereocenters. The first-order chi connectivity index (χ1) is 5.55. The molecule has 1 saturated heterocycles. The van der Waals surface area contributed by atoms with Crippen LogP contribution in [-0.4, -0.2) is 25.9 Å². The Balaban J connectivity index is 2.53. The fraction of sp³-hybridized carbons (Fsp3) is 1.00. The molecule has 0 spiro atoms. The van der Waals surface area contributed by atoms with Gasteiger partial charge in [-0.15, -0.1) is 0 Å². The first-order valence-corrected chi connectivity index (χ1v) is 6.94. The van der Waals surface area contributed by atoms with Crippen molar-refractivity contribution >= 4 is 19.3 Å². The van der Waals surface area contributed by atoms with E-state index < -0.39 is 9.04 Å². The van der Waals surface area contributed by atoms with Crippen LogP contribution in [0.3, 0.4) is 0 Å². The molecule has 0 aliphatic carbocycles. The van der Waals surface area contributed by atoms with E-state index in [1.54, 1.807) is 0 Å². The van der Waals surface area contributed by atoms with Crippen LogP contribution in [0.5, 0.6) is 0 Å². The van der Waals surface area contributed by atoms with Crippen molar-refractivity contribution in [3.05, 3.63) is 0 Å². The molecular formula is C9H18OSi2. The van der Waals surface area contributed by atoms with Crippen LogP contribution < -0.4 is 0 Å². The van der Waals surface area contributed by atoms with Gasteiger partial charge >= 0.3 is 0 Å². The molecular weight excluding hydrogens is 180 g/mol. The zero-order valence-electron chi connectivity index (χ0n) is 8.31. The van der Waals surface area contributed by atoms with Gasteiger partial charge in [-0.2, -0.15) is 0 Å². The predicted molar refractivity (Wildman–Crippen MR) is 55.0 cm³/mol. The van der Waals surface area contributed by atoms with Crippen LogP contribution in [0.4, 0.5) is 0 Å². The molecule has 4 radical (unpaired) electrons. The number of hydrogen-bond acceptors (Lipinski definition) is 1. The van der Waals surface area contributed by atoms with Crippen LogP contribution in [0.15, 0.2) is 0 Å². The Morgan fingerprint density at radius 1 is 1.42 bits per heavy atom. The lowest BCUT2D eigenvalue weighted by molar-refractivity contribution is 0.266. The van der Waals surface area contributed by atoms with Crippen molar-refractivity contribution < 1.29 is 4.43 Å².